The van der Waals surface area contributed by atoms with Gasteiger partial charge in [0.05, 0.1) is 17.7 Å². The fourth-order valence-electron chi connectivity index (χ4n) is 1.74. The molecule has 0 saturated carbocycles. The summed E-state index contributed by atoms with van der Waals surface area (Å²) in [7, 11) is 0. The van der Waals surface area contributed by atoms with E-state index in [4.69, 9.17) is 16.3 Å². The van der Waals surface area contributed by atoms with Crippen molar-refractivity contribution in [3.63, 3.8) is 0 Å². The van der Waals surface area contributed by atoms with E-state index in [0.29, 0.717) is 28.4 Å². The van der Waals surface area contributed by atoms with Crippen LogP contribution in [0.3, 0.4) is 0 Å². The molecule has 0 bridgehead atoms. The van der Waals surface area contributed by atoms with E-state index in [0.717, 1.165) is 5.39 Å². The molecule has 0 radical (unpaired) electrons. The number of carbonyl (C=O) groups excluding carboxylic acids is 1. The van der Waals surface area contributed by atoms with Crippen LogP contribution < -0.4 is 0 Å². The van der Waals surface area contributed by atoms with Crippen molar-refractivity contribution in [2.75, 3.05) is 6.61 Å². The number of ether oxygens (including phenoxy) is 1. The van der Waals surface area contributed by atoms with E-state index in [1.807, 2.05) is 24.3 Å². The van der Waals surface area contributed by atoms with E-state index in [1.54, 1.807) is 13.8 Å². The minimum absolute atomic E-state index is 0.340. The maximum Gasteiger partial charge on any atom is 0.339 e. The van der Waals surface area contributed by atoms with Crippen LogP contribution in [0.1, 0.15) is 22.8 Å². The molecule has 0 spiro atoms. The lowest BCUT2D eigenvalue weighted by molar-refractivity contribution is 0.0528. The number of esters is 1. The Hall–Kier alpha value is -1.61. The number of nitrogens with zero attached hydrogens (tertiary/aromatic N) is 1. The van der Waals surface area contributed by atoms with Gasteiger partial charge in [-0.3, -0.25) is 0 Å². The van der Waals surface area contributed by atoms with Crippen molar-refractivity contribution in [3.05, 3.63) is 40.5 Å². The number of halogens is 1. The molecule has 0 saturated heterocycles. The molecule has 3 nitrogen and oxygen atoms in total. The molecule has 17 heavy (non-hydrogen) atoms. The first kappa shape index (κ1) is 11.9. The van der Waals surface area contributed by atoms with Crippen molar-refractivity contribution >= 4 is 28.5 Å². The molecule has 1 aromatic carbocycles. The first-order chi connectivity index (χ1) is 8.15. The third kappa shape index (κ3) is 2.11. The van der Waals surface area contributed by atoms with Gasteiger partial charge in [0, 0.05) is 10.9 Å². The Labute approximate surface area is 104 Å². The minimum Gasteiger partial charge on any atom is -0.462 e. The molecule has 0 fully saturated rings. The number of fused-ring (bicyclic) bond motifs is 1. The van der Waals surface area contributed by atoms with E-state index in [2.05, 4.69) is 4.98 Å². The molecule has 0 amide bonds. The predicted octanol–water partition coefficient (Wildman–Crippen LogP) is 3.37. The second-order valence-electron chi connectivity index (χ2n) is 3.64. The van der Waals surface area contributed by atoms with Crippen LogP contribution in [0.25, 0.3) is 10.9 Å². The number of para-hydroxylation sites is 1. The summed E-state index contributed by atoms with van der Waals surface area (Å²) in [6.45, 7) is 3.89. The molecule has 1 heterocycles. The van der Waals surface area contributed by atoms with Crippen molar-refractivity contribution in [1.82, 2.24) is 4.98 Å². The van der Waals surface area contributed by atoms with Crippen molar-refractivity contribution in [2.24, 2.45) is 0 Å². The summed E-state index contributed by atoms with van der Waals surface area (Å²) in [6, 6.07) is 7.39. The van der Waals surface area contributed by atoms with Crippen LogP contribution >= 0.6 is 11.6 Å². The van der Waals surface area contributed by atoms with Gasteiger partial charge in [-0.1, -0.05) is 29.8 Å². The van der Waals surface area contributed by atoms with Crippen LogP contribution in [0.5, 0.6) is 0 Å². The highest BCUT2D eigenvalue weighted by Gasteiger charge is 2.17. The first-order valence-electron chi connectivity index (χ1n) is 5.37. The maximum atomic E-state index is 11.9. The molecule has 0 aliphatic rings. The molecule has 0 N–H and O–H groups in total. The Morgan fingerprint density at radius 1 is 1.41 bits per heavy atom. The monoisotopic (exact) mass is 249 g/mol. The summed E-state index contributed by atoms with van der Waals surface area (Å²) in [6.07, 6.45) is 0. The Balaban J connectivity index is 2.74. The average Bonchev–Trinajstić information content (AvgIpc) is 2.31. The summed E-state index contributed by atoms with van der Waals surface area (Å²) >= 11 is 6.02. The molecule has 88 valence electrons. The fourth-order valence-corrected chi connectivity index (χ4v) is 1.93. The highest BCUT2D eigenvalue weighted by molar-refractivity contribution is 6.31. The van der Waals surface area contributed by atoms with Crippen LogP contribution in [0.4, 0.5) is 0 Å². The SMILES string of the molecule is CCOC(=O)c1c(C)c(Cl)nc2ccccc12. The normalized spacial score (nSPS) is 10.5. The molecule has 0 unspecified atom stereocenters. The summed E-state index contributed by atoms with van der Waals surface area (Å²) in [5.41, 5.74) is 1.86. The number of pyridine rings is 1. The smallest absolute Gasteiger partial charge is 0.339 e. The molecule has 1 aromatic heterocycles. The van der Waals surface area contributed by atoms with Gasteiger partial charge in [-0.05, 0) is 19.9 Å². The lowest BCUT2D eigenvalue weighted by atomic mass is 10.0. The van der Waals surface area contributed by atoms with Gasteiger partial charge in [0.25, 0.3) is 0 Å². The average molecular weight is 250 g/mol. The number of hydrogen-bond acceptors (Lipinski definition) is 3. The van der Waals surface area contributed by atoms with E-state index >= 15 is 0 Å². The molecule has 0 aliphatic heterocycles. The second kappa shape index (κ2) is 4.72. The van der Waals surface area contributed by atoms with Crippen LogP contribution in [0, 0.1) is 6.92 Å². The Bertz CT molecular complexity index is 581. The van der Waals surface area contributed by atoms with Crippen LogP contribution in [-0.2, 0) is 4.74 Å². The number of carbonyl (C=O) groups is 1. The van der Waals surface area contributed by atoms with Gasteiger partial charge < -0.3 is 4.74 Å². The lowest BCUT2D eigenvalue weighted by Gasteiger charge is -2.10. The van der Waals surface area contributed by atoms with Gasteiger partial charge in [-0.25, -0.2) is 9.78 Å². The number of hydrogen-bond donors (Lipinski definition) is 0. The number of rotatable bonds is 2. The van der Waals surface area contributed by atoms with Gasteiger partial charge in [-0.15, -0.1) is 0 Å². The summed E-state index contributed by atoms with van der Waals surface area (Å²) < 4.78 is 5.05. The van der Waals surface area contributed by atoms with E-state index in [9.17, 15) is 4.79 Å². The number of benzene rings is 1. The molecule has 2 rings (SSSR count). The quantitative estimate of drug-likeness (QED) is 0.605. The fraction of sp³-hybridized carbons (Fsp3) is 0.231. The van der Waals surface area contributed by atoms with E-state index < -0.39 is 0 Å². The second-order valence-corrected chi connectivity index (χ2v) is 4.00. The predicted molar refractivity (Wildman–Crippen MR) is 67.4 cm³/mol. The summed E-state index contributed by atoms with van der Waals surface area (Å²) in [4.78, 5) is 16.2. The minimum atomic E-state index is -0.356. The van der Waals surface area contributed by atoms with Gasteiger partial charge in [-0.2, -0.15) is 0 Å². The zero-order chi connectivity index (χ0) is 12.4. The first-order valence-corrected chi connectivity index (χ1v) is 5.75. The standard InChI is InChI=1S/C13H12ClNO2/c1-3-17-13(16)11-8(2)12(14)15-10-7-5-4-6-9(10)11/h4-7H,3H2,1-2H3. The molecule has 4 heteroatoms. The van der Waals surface area contributed by atoms with Crippen LogP contribution in [-0.4, -0.2) is 17.6 Å². The summed E-state index contributed by atoms with van der Waals surface area (Å²) in [5.74, 6) is -0.356. The third-order valence-corrected chi connectivity index (χ3v) is 2.92. The zero-order valence-electron chi connectivity index (χ0n) is 9.66. The molecule has 0 atom stereocenters. The Morgan fingerprint density at radius 2 is 2.12 bits per heavy atom. The van der Waals surface area contributed by atoms with Crippen LogP contribution in [0.2, 0.25) is 5.15 Å². The largest absolute Gasteiger partial charge is 0.462 e. The van der Waals surface area contributed by atoms with Gasteiger partial charge >= 0.3 is 5.97 Å². The maximum absolute atomic E-state index is 11.9. The number of aromatic nitrogens is 1. The Kier molecular flexibility index (Phi) is 3.29. The molecular weight excluding hydrogens is 238 g/mol. The van der Waals surface area contributed by atoms with Crippen molar-refractivity contribution < 1.29 is 9.53 Å². The topological polar surface area (TPSA) is 39.2 Å². The highest BCUT2D eigenvalue weighted by Crippen LogP contribution is 2.26. The van der Waals surface area contributed by atoms with Gasteiger partial charge in [0.2, 0.25) is 0 Å². The van der Waals surface area contributed by atoms with Crippen LogP contribution in [0.15, 0.2) is 24.3 Å². The van der Waals surface area contributed by atoms with Gasteiger partial charge in [0.1, 0.15) is 5.15 Å². The van der Waals surface area contributed by atoms with E-state index in [1.165, 1.54) is 0 Å². The Morgan fingerprint density at radius 3 is 2.82 bits per heavy atom. The molecule has 2 aromatic rings. The zero-order valence-corrected chi connectivity index (χ0v) is 10.4. The van der Waals surface area contributed by atoms with E-state index in [-0.39, 0.29) is 5.97 Å². The summed E-state index contributed by atoms with van der Waals surface area (Å²) in [5, 5.41) is 1.11. The van der Waals surface area contributed by atoms with Crippen molar-refractivity contribution in [2.45, 2.75) is 13.8 Å². The lowest BCUT2D eigenvalue weighted by Crippen LogP contribution is -2.08. The molecular formula is C13H12ClNO2. The van der Waals surface area contributed by atoms with Crippen molar-refractivity contribution in [3.8, 4) is 0 Å². The highest BCUT2D eigenvalue weighted by atomic mass is 35.5. The van der Waals surface area contributed by atoms with Gasteiger partial charge in [0.15, 0.2) is 0 Å². The third-order valence-electron chi connectivity index (χ3n) is 2.56. The molecule has 0 aliphatic carbocycles. The van der Waals surface area contributed by atoms with Crippen molar-refractivity contribution in [1.29, 1.82) is 0 Å².